The van der Waals surface area contributed by atoms with Gasteiger partial charge in [-0.1, -0.05) is 30.3 Å². The van der Waals surface area contributed by atoms with E-state index in [2.05, 4.69) is 17.4 Å². The standard InChI is InChI=1S/C11H14N2O/c1-13-8-10(12-11(13)14)7-9-5-3-2-4-6-9/h2-6,10H,7-8H2,1H3,(H,12,14). The molecule has 74 valence electrons. The summed E-state index contributed by atoms with van der Waals surface area (Å²) in [5.41, 5.74) is 1.27. The van der Waals surface area contributed by atoms with Crippen molar-refractivity contribution in [3.05, 3.63) is 35.9 Å². The van der Waals surface area contributed by atoms with Crippen LogP contribution in [-0.2, 0) is 6.42 Å². The molecule has 0 bridgehead atoms. The van der Waals surface area contributed by atoms with E-state index >= 15 is 0 Å². The molecule has 1 N–H and O–H groups in total. The van der Waals surface area contributed by atoms with Gasteiger partial charge < -0.3 is 10.2 Å². The van der Waals surface area contributed by atoms with Crippen molar-refractivity contribution in [2.45, 2.75) is 12.5 Å². The molecule has 1 atom stereocenters. The van der Waals surface area contributed by atoms with Gasteiger partial charge in [-0.2, -0.15) is 0 Å². The highest BCUT2D eigenvalue weighted by Gasteiger charge is 2.25. The van der Waals surface area contributed by atoms with Crippen LogP contribution >= 0.6 is 0 Å². The van der Waals surface area contributed by atoms with Crippen LogP contribution in [0.3, 0.4) is 0 Å². The zero-order chi connectivity index (χ0) is 9.97. The third kappa shape index (κ3) is 1.87. The van der Waals surface area contributed by atoms with Gasteiger partial charge in [-0.25, -0.2) is 4.79 Å². The Labute approximate surface area is 83.7 Å². The molecule has 3 heteroatoms. The Kier molecular flexibility index (Phi) is 2.39. The first-order chi connectivity index (χ1) is 6.75. The Bertz CT molecular complexity index is 323. The lowest BCUT2D eigenvalue weighted by Gasteiger charge is -2.08. The molecular weight excluding hydrogens is 176 g/mol. The highest BCUT2D eigenvalue weighted by molar-refractivity contribution is 5.76. The highest BCUT2D eigenvalue weighted by Crippen LogP contribution is 2.08. The van der Waals surface area contributed by atoms with Crippen LogP contribution < -0.4 is 5.32 Å². The summed E-state index contributed by atoms with van der Waals surface area (Å²) in [7, 11) is 1.82. The van der Waals surface area contributed by atoms with Crippen LogP contribution in [0.5, 0.6) is 0 Å². The van der Waals surface area contributed by atoms with E-state index in [-0.39, 0.29) is 12.1 Å². The maximum Gasteiger partial charge on any atom is 0.317 e. The average molecular weight is 190 g/mol. The molecule has 2 amide bonds. The summed E-state index contributed by atoms with van der Waals surface area (Å²) in [5, 5.41) is 2.94. The van der Waals surface area contributed by atoms with Crippen molar-refractivity contribution in [2.75, 3.05) is 13.6 Å². The predicted octanol–water partition coefficient (Wildman–Crippen LogP) is 1.25. The first-order valence-corrected chi connectivity index (χ1v) is 4.81. The second kappa shape index (κ2) is 3.70. The second-order valence-corrected chi connectivity index (χ2v) is 3.72. The van der Waals surface area contributed by atoms with E-state index in [0.29, 0.717) is 0 Å². The summed E-state index contributed by atoms with van der Waals surface area (Å²) in [5.74, 6) is 0. The van der Waals surface area contributed by atoms with Gasteiger partial charge in [0.1, 0.15) is 0 Å². The average Bonchev–Trinajstić information content (AvgIpc) is 2.47. The zero-order valence-electron chi connectivity index (χ0n) is 8.23. The number of likely N-dealkylation sites (N-methyl/N-ethyl adjacent to an activating group) is 1. The Morgan fingerprint density at radius 2 is 2.14 bits per heavy atom. The number of nitrogens with zero attached hydrogens (tertiary/aromatic N) is 1. The normalized spacial score (nSPS) is 21.1. The van der Waals surface area contributed by atoms with Gasteiger partial charge >= 0.3 is 6.03 Å². The summed E-state index contributed by atoms with van der Waals surface area (Å²) >= 11 is 0. The van der Waals surface area contributed by atoms with Crippen LogP contribution in [0.15, 0.2) is 30.3 Å². The van der Waals surface area contributed by atoms with Crippen molar-refractivity contribution in [2.24, 2.45) is 0 Å². The lowest BCUT2D eigenvalue weighted by atomic mass is 10.1. The summed E-state index contributed by atoms with van der Waals surface area (Å²) in [4.78, 5) is 12.9. The number of hydrogen-bond donors (Lipinski definition) is 1. The first-order valence-electron chi connectivity index (χ1n) is 4.81. The molecule has 1 aliphatic rings. The second-order valence-electron chi connectivity index (χ2n) is 3.72. The van der Waals surface area contributed by atoms with Gasteiger partial charge in [0.2, 0.25) is 0 Å². The quantitative estimate of drug-likeness (QED) is 0.748. The summed E-state index contributed by atoms with van der Waals surface area (Å²) in [6.07, 6.45) is 0.914. The molecule has 1 aromatic carbocycles. The van der Waals surface area contributed by atoms with E-state index in [9.17, 15) is 4.79 Å². The largest absolute Gasteiger partial charge is 0.333 e. The molecule has 1 aliphatic heterocycles. The maximum absolute atomic E-state index is 11.2. The van der Waals surface area contributed by atoms with Gasteiger partial charge in [0, 0.05) is 13.6 Å². The van der Waals surface area contributed by atoms with Gasteiger partial charge in [-0.05, 0) is 12.0 Å². The Morgan fingerprint density at radius 3 is 2.71 bits per heavy atom. The molecule has 1 aromatic rings. The fourth-order valence-corrected chi connectivity index (χ4v) is 1.76. The molecule has 0 aromatic heterocycles. The SMILES string of the molecule is CN1CC(Cc2ccccc2)NC1=O. The molecule has 2 rings (SSSR count). The van der Waals surface area contributed by atoms with Gasteiger partial charge in [0.05, 0.1) is 6.04 Å². The molecule has 14 heavy (non-hydrogen) atoms. The molecule has 1 fully saturated rings. The predicted molar refractivity (Wildman–Crippen MR) is 55.1 cm³/mol. The molecule has 3 nitrogen and oxygen atoms in total. The Hall–Kier alpha value is -1.51. The van der Waals surface area contributed by atoms with Crippen LogP contribution in [0, 0.1) is 0 Å². The van der Waals surface area contributed by atoms with Crippen LogP contribution in [0.4, 0.5) is 4.79 Å². The lowest BCUT2D eigenvalue weighted by molar-refractivity contribution is 0.226. The minimum absolute atomic E-state index is 0.0333. The fourth-order valence-electron chi connectivity index (χ4n) is 1.76. The smallest absolute Gasteiger partial charge is 0.317 e. The molecule has 0 radical (unpaired) electrons. The lowest BCUT2D eigenvalue weighted by Crippen LogP contribution is -2.28. The van der Waals surface area contributed by atoms with E-state index < -0.39 is 0 Å². The van der Waals surface area contributed by atoms with E-state index in [1.807, 2.05) is 25.2 Å². The molecule has 1 heterocycles. The third-order valence-electron chi connectivity index (χ3n) is 2.49. The molecule has 0 saturated carbocycles. The van der Waals surface area contributed by atoms with Crippen molar-refractivity contribution in [1.82, 2.24) is 10.2 Å². The number of urea groups is 1. The zero-order valence-corrected chi connectivity index (χ0v) is 8.23. The highest BCUT2D eigenvalue weighted by atomic mass is 16.2. The Balaban J connectivity index is 1.97. The molecular formula is C11H14N2O. The van der Waals surface area contributed by atoms with Crippen molar-refractivity contribution in [3.8, 4) is 0 Å². The number of rotatable bonds is 2. The number of benzene rings is 1. The van der Waals surface area contributed by atoms with Crippen LogP contribution in [-0.4, -0.2) is 30.6 Å². The van der Waals surface area contributed by atoms with Crippen molar-refractivity contribution in [1.29, 1.82) is 0 Å². The number of amides is 2. The minimum Gasteiger partial charge on any atom is -0.333 e. The number of hydrogen-bond acceptors (Lipinski definition) is 1. The van der Waals surface area contributed by atoms with Crippen molar-refractivity contribution in [3.63, 3.8) is 0 Å². The van der Waals surface area contributed by atoms with Crippen LogP contribution in [0.1, 0.15) is 5.56 Å². The van der Waals surface area contributed by atoms with E-state index in [1.165, 1.54) is 5.56 Å². The molecule has 1 saturated heterocycles. The minimum atomic E-state index is 0.0333. The summed E-state index contributed by atoms with van der Waals surface area (Å²) in [6, 6.07) is 10.5. The van der Waals surface area contributed by atoms with Gasteiger partial charge in [0.25, 0.3) is 0 Å². The monoisotopic (exact) mass is 190 g/mol. The van der Waals surface area contributed by atoms with Gasteiger partial charge in [-0.3, -0.25) is 0 Å². The third-order valence-corrected chi connectivity index (χ3v) is 2.49. The van der Waals surface area contributed by atoms with E-state index in [4.69, 9.17) is 0 Å². The van der Waals surface area contributed by atoms with Crippen molar-refractivity contribution < 1.29 is 4.79 Å². The number of carbonyl (C=O) groups excluding carboxylic acids is 1. The van der Waals surface area contributed by atoms with E-state index in [0.717, 1.165) is 13.0 Å². The number of carbonyl (C=O) groups is 1. The van der Waals surface area contributed by atoms with Gasteiger partial charge in [0.15, 0.2) is 0 Å². The molecule has 0 spiro atoms. The molecule has 0 aliphatic carbocycles. The topological polar surface area (TPSA) is 32.3 Å². The number of nitrogens with one attached hydrogen (secondary N) is 1. The van der Waals surface area contributed by atoms with E-state index in [1.54, 1.807) is 4.90 Å². The summed E-state index contributed by atoms with van der Waals surface area (Å²) in [6.45, 7) is 0.799. The summed E-state index contributed by atoms with van der Waals surface area (Å²) < 4.78 is 0. The first kappa shape index (κ1) is 9.06. The van der Waals surface area contributed by atoms with Crippen LogP contribution in [0.25, 0.3) is 0 Å². The fraction of sp³-hybridized carbons (Fsp3) is 0.364. The van der Waals surface area contributed by atoms with Crippen LogP contribution in [0.2, 0.25) is 0 Å². The Morgan fingerprint density at radius 1 is 1.43 bits per heavy atom. The van der Waals surface area contributed by atoms with Gasteiger partial charge in [-0.15, -0.1) is 0 Å². The molecule has 1 unspecified atom stereocenters. The van der Waals surface area contributed by atoms with Crippen molar-refractivity contribution >= 4 is 6.03 Å². The maximum atomic E-state index is 11.2.